The molecule has 2 N–H and O–H groups in total. The number of amides is 1. The van der Waals surface area contributed by atoms with E-state index in [1.165, 1.54) is 7.11 Å². The van der Waals surface area contributed by atoms with E-state index in [1.54, 1.807) is 12.3 Å². The van der Waals surface area contributed by atoms with Crippen molar-refractivity contribution in [2.24, 2.45) is 0 Å². The van der Waals surface area contributed by atoms with Crippen LogP contribution in [0.5, 0.6) is 5.88 Å². The molecule has 0 atom stereocenters. The van der Waals surface area contributed by atoms with Gasteiger partial charge in [-0.25, -0.2) is 4.98 Å². The van der Waals surface area contributed by atoms with Gasteiger partial charge in [0.05, 0.1) is 13.7 Å². The van der Waals surface area contributed by atoms with Gasteiger partial charge in [-0.1, -0.05) is 30.3 Å². The normalized spacial score (nSPS) is 9.85. The Morgan fingerprint density at radius 3 is 2.80 bits per heavy atom. The van der Waals surface area contributed by atoms with E-state index in [2.05, 4.69) is 20.6 Å². The second-order valence-corrected chi connectivity index (χ2v) is 4.04. The monoisotopic (exact) mass is 272 g/mol. The summed E-state index contributed by atoms with van der Waals surface area (Å²) in [7, 11) is 1.53. The highest BCUT2D eigenvalue weighted by atomic mass is 16.5. The zero-order valence-electron chi connectivity index (χ0n) is 11.2. The fourth-order valence-electron chi connectivity index (χ4n) is 1.56. The molecule has 1 amide bonds. The molecule has 0 fully saturated rings. The third kappa shape index (κ3) is 4.24. The zero-order chi connectivity index (χ0) is 14.2. The van der Waals surface area contributed by atoms with Gasteiger partial charge in [0.2, 0.25) is 17.7 Å². The Balaban J connectivity index is 1.77. The van der Waals surface area contributed by atoms with Gasteiger partial charge in [0.25, 0.3) is 0 Å². The van der Waals surface area contributed by atoms with E-state index >= 15 is 0 Å². The Labute approximate surface area is 117 Å². The van der Waals surface area contributed by atoms with Crippen molar-refractivity contribution in [3.63, 3.8) is 0 Å². The Kier molecular flexibility index (Phi) is 4.88. The van der Waals surface area contributed by atoms with Crippen molar-refractivity contribution in [1.82, 2.24) is 15.3 Å². The third-order valence-electron chi connectivity index (χ3n) is 2.58. The van der Waals surface area contributed by atoms with Crippen molar-refractivity contribution >= 4 is 11.9 Å². The van der Waals surface area contributed by atoms with E-state index in [4.69, 9.17) is 4.74 Å². The third-order valence-corrected chi connectivity index (χ3v) is 2.58. The van der Waals surface area contributed by atoms with Crippen LogP contribution in [0.1, 0.15) is 5.56 Å². The molecule has 20 heavy (non-hydrogen) atoms. The number of rotatable bonds is 6. The maximum absolute atomic E-state index is 11.7. The van der Waals surface area contributed by atoms with E-state index in [1.807, 2.05) is 30.3 Å². The Bertz CT molecular complexity index is 560. The molecule has 2 rings (SSSR count). The van der Waals surface area contributed by atoms with Crippen LogP contribution in [0.4, 0.5) is 5.95 Å². The number of hydrogen-bond donors (Lipinski definition) is 2. The molecule has 0 aliphatic heterocycles. The number of ether oxygens (including phenoxy) is 1. The molecule has 0 aliphatic rings. The van der Waals surface area contributed by atoms with Gasteiger partial charge in [-0.05, 0) is 5.56 Å². The van der Waals surface area contributed by atoms with Crippen LogP contribution in [0, 0.1) is 0 Å². The summed E-state index contributed by atoms with van der Waals surface area (Å²) in [5.41, 5.74) is 1.05. The molecule has 0 aliphatic carbocycles. The van der Waals surface area contributed by atoms with E-state index in [9.17, 15) is 4.79 Å². The maximum Gasteiger partial charge on any atom is 0.239 e. The van der Waals surface area contributed by atoms with Crippen LogP contribution in [0.2, 0.25) is 0 Å². The van der Waals surface area contributed by atoms with Gasteiger partial charge in [-0.15, -0.1) is 0 Å². The number of hydrogen-bond acceptors (Lipinski definition) is 5. The predicted molar refractivity (Wildman–Crippen MR) is 75.4 cm³/mol. The lowest BCUT2D eigenvalue weighted by Crippen LogP contribution is -2.29. The van der Waals surface area contributed by atoms with E-state index < -0.39 is 0 Å². The van der Waals surface area contributed by atoms with Crippen LogP contribution < -0.4 is 15.4 Å². The summed E-state index contributed by atoms with van der Waals surface area (Å²) >= 11 is 0. The predicted octanol–water partition coefficient (Wildman–Crippen LogP) is 1.21. The highest BCUT2D eigenvalue weighted by molar-refractivity contribution is 5.80. The molecule has 6 heteroatoms. The molecule has 0 radical (unpaired) electrons. The van der Waals surface area contributed by atoms with Crippen molar-refractivity contribution in [2.45, 2.75) is 6.54 Å². The molecular weight excluding hydrogens is 256 g/mol. The van der Waals surface area contributed by atoms with E-state index in [0.29, 0.717) is 18.4 Å². The fourth-order valence-corrected chi connectivity index (χ4v) is 1.56. The molecule has 0 saturated heterocycles. The first kappa shape index (κ1) is 13.8. The molecule has 104 valence electrons. The zero-order valence-corrected chi connectivity index (χ0v) is 11.2. The standard InChI is InChI=1S/C14H16N4O2/c1-20-13-7-8-15-14(18-13)17-10-12(19)16-9-11-5-3-2-4-6-11/h2-8H,9-10H2,1H3,(H,16,19)(H,15,17,18). The maximum atomic E-state index is 11.7. The minimum absolute atomic E-state index is 0.111. The highest BCUT2D eigenvalue weighted by Gasteiger charge is 2.03. The van der Waals surface area contributed by atoms with E-state index in [-0.39, 0.29) is 12.5 Å². The largest absolute Gasteiger partial charge is 0.481 e. The van der Waals surface area contributed by atoms with Crippen LogP contribution in [-0.4, -0.2) is 29.5 Å². The quantitative estimate of drug-likeness (QED) is 0.826. The van der Waals surface area contributed by atoms with Crippen molar-refractivity contribution in [3.8, 4) is 5.88 Å². The summed E-state index contributed by atoms with van der Waals surface area (Å²) in [6.07, 6.45) is 1.57. The molecule has 0 unspecified atom stereocenters. The highest BCUT2D eigenvalue weighted by Crippen LogP contribution is 2.06. The van der Waals surface area contributed by atoms with Gasteiger partial charge in [0, 0.05) is 18.8 Å². The molecule has 1 heterocycles. The number of anilines is 1. The molecule has 1 aromatic carbocycles. The van der Waals surface area contributed by atoms with Crippen molar-refractivity contribution in [1.29, 1.82) is 0 Å². The lowest BCUT2D eigenvalue weighted by Gasteiger charge is -2.07. The first-order chi connectivity index (χ1) is 9.78. The topological polar surface area (TPSA) is 76.1 Å². The van der Waals surface area contributed by atoms with Gasteiger partial charge in [-0.3, -0.25) is 4.79 Å². The van der Waals surface area contributed by atoms with E-state index in [0.717, 1.165) is 5.56 Å². The number of nitrogens with one attached hydrogen (secondary N) is 2. The lowest BCUT2D eigenvalue weighted by atomic mass is 10.2. The minimum Gasteiger partial charge on any atom is -0.481 e. The van der Waals surface area contributed by atoms with Crippen molar-refractivity contribution in [3.05, 3.63) is 48.2 Å². The summed E-state index contributed by atoms with van der Waals surface area (Å²) in [5, 5.41) is 5.65. The van der Waals surface area contributed by atoms with Gasteiger partial charge in [0.15, 0.2) is 0 Å². The number of aromatic nitrogens is 2. The molecule has 0 spiro atoms. The lowest BCUT2D eigenvalue weighted by molar-refractivity contribution is -0.119. The van der Waals surface area contributed by atoms with Crippen LogP contribution >= 0.6 is 0 Å². The average Bonchev–Trinajstić information content (AvgIpc) is 2.52. The number of benzene rings is 1. The van der Waals surface area contributed by atoms with Crippen LogP contribution in [0.3, 0.4) is 0 Å². The SMILES string of the molecule is COc1ccnc(NCC(=O)NCc2ccccc2)n1. The number of carbonyl (C=O) groups is 1. The fraction of sp³-hybridized carbons (Fsp3) is 0.214. The minimum atomic E-state index is -0.125. The Hall–Kier alpha value is -2.63. The second kappa shape index (κ2) is 7.08. The molecule has 1 aromatic heterocycles. The second-order valence-electron chi connectivity index (χ2n) is 4.04. The first-order valence-corrected chi connectivity index (χ1v) is 6.19. The number of methoxy groups -OCH3 is 1. The van der Waals surface area contributed by atoms with Crippen LogP contribution in [0.25, 0.3) is 0 Å². The summed E-state index contributed by atoms with van der Waals surface area (Å²) in [6.45, 7) is 0.611. The molecule has 0 bridgehead atoms. The van der Waals surface area contributed by atoms with Crippen LogP contribution in [0.15, 0.2) is 42.6 Å². The summed E-state index contributed by atoms with van der Waals surface area (Å²) in [5.74, 6) is 0.687. The van der Waals surface area contributed by atoms with Gasteiger partial charge in [0.1, 0.15) is 0 Å². The van der Waals surface area contributed by atoms with Gasteiger partial charge >= 0.3 is 0 Å². The average molecular weight is 272 g/mol. The van der Waals surface area contributed by atoms with Crippen molar-refractivity contribution < 1.29 is 9.53 Å². The first-order valence-electron chi connectivity index (χ1n) is 6.19. The van der Waals surface area contributed by atoms with Crippen LogP contribution in [-0.2, 0) is 11.3 Å². The smallest absolute Gasteiger partial charge is 0.239 e. The summed E-state index contributed by atoms with van der Waals surface area (Å²) < 4.78 is 4.98. The molecule has 2 aromatic rings. The summed E-state index contributed by atoms with van der Waals surface area (Å²) in [4.78, 5) is 19.7. The summed E-state index contributed by atoms with van der Waals surface area (Å²) in [6, 6.07) is 11.4. The van der Waals surface area contributed by atoms with Gasteiger partial charge in [-0.2, -0.15) is 4.98 Å². The van der Waals surface area contributed by atoms with Gasteiger partial charge < -0.3 is 15.4 Å². The Morgan fingerprint density at radius 1 is 1.25 bits per heavy atom. The van der Waals surface area contributed by atoms with Crippen molar-refractivity contribution in [2.75, 3.05) is 19.0 Å². The Morgan fingerprint density at radius 2 is 2.05 bits per heavy atom. The molecular formula is C14H16N4O2. The number of carbonyl (C=O) groups excluding carboxylic acids is 1. The number of nitrogens with zero attached hydrogens (tertiary/aromatic N) is 2. The molecule has 0 saturated carbocycles. The molecule has 6 nitrogen and oxygen atoms in total.